The van der Waals surface area contributed by atoms with Gasteiger partial charge in [0.2, 0.25) is 0 Å². The van der Waals surface area contributed by atoms with Crippen LogP contribution in [-0.2, 0) is 27.8 Å². The second-order valence-corrected chi connectivity index (χ2v) is 9.53. The number of carbonyl (C=O) groups excluding carboxylic acids is 1. The number of hydrogen-bond donors (Lipinski definition) is 1. The number of ether oxygens (including phenoxy) is 2. The molecule has 1 aromatic carbocycles. The highest BCUT2D eigenvalue weighted by Gasteiger charge is 2.39. The predicted octanol–water partition coefficient (Wildman–Crippen LogP) is 3.60. The van der Waals surface area contributed by atoms with Gasteiger partial charge in [-0.3, -0.25) is 14.9 Å². The first-order chi connectivity index (χ1) is 12.9. The van der Waals surface area contributed by atoms with Crippen LogP contribution < -0.4 is 4.74 Å². The summed E-state index contributed by atoms with van der Waals surface area (Å²) in [5.74, 6) is 0.324. The molecule has 28 heavy (non-hydrogen) atoms. The molecule has 1 N–H and O–H groups in total. The summed E-state index contributed by atoms with van der Waals surface area (Å²) in [4.78, 5) is 23.2. The quantitative estimate of drug-likeness (QED) is 0.478. The Labute approximate surface area is 165 Å². The van der Waals surface area contributed by atoms with Crippen LogP contribution in [0.4, 0.5) is 5.69 Å². The van der Waals surface area contributed by atoms with Crippen molar-refractivity contribution in [2.45, 2.75) is 89.9 Å². The Morgan fingerprint density at radius 1 is 1.36 bits per heavy atom. The lowest BCUT2D eigenvalue weighted by molar-refractivity contribution is -0.386. The molecule has 1 aromatic rings. The molecule has 0 radical (unpaired) electrons. The van der Waals surface area contributed by atoms with Gasteiger partial charge in [-0.25, -0.2) is 0 Å². The van der Waals surface area contributed by atoms with Crippen LogP contribution in [0.5, 0.6) is 5.75 Å². The Balaban J connectivity index is 2.03. The molecule has 0 amide bonds. The summed E-state index contributed by atoms with van der Waals surface area (Å²) < 4.78 is 11.6. The molecule has 1 fully saturated rings. The van der Waals surface area contributed by atoms with Crippen molar-refractivity contribution in [1.29, 1.82) is 0 Å². The van der Waals surface area contributed by atoms with Gasteiger partial charge in [0.15, 0.2) is 0 Å². The molecule has 2 atom stereocenters. The van der Waals surface area contributed by atoms with Gasteiger partial charge in [0.1, 0.15) is 17.5 Å². The van der Waals surface area contributed by atoms with E-state index >= 15 is 0 Å². The summed E-state index contributed by atoms with van der Waals surface area (Å²) in [6.45, 7) is 9.80. The first kappa shape index (κ1) is 20.6. The van der Waals surface area contributed by atoms with Crippen molar-refractivity contribution in [2.24, 2.45) is 0 Å². The normalized spacial score (nSPS) is 23.7. The molecule has 2 aliphatic heterocycles. The van der Waals surface area contributed by atoms with E-state index in [4.69, 9.17) is 9.47 Å². The number of nitrogens with zero attached hydrogens (tertiary/aromatic N) is 1. The molecular weight excluding hydrogens is 362 g/mol. The summed E-state index contributed by atoms with van der Waals surface area (Å²) in [6.07, 6.45) is 0.902. The van der Waals surface area contributed by atoms with Crippen LogP contribution in [0, 0.1) is 10.1 Å². The lowest BCUT2D eigenvalue weighted by Crippen LogP contribution is -2.33. The third kappa shape index (κ3) is 4.14. The van der Waals surface area contributed by atoms with Crippen LogP contribution in [-0.4, -0.2) is 33.8 Å². The van der Waals surface area contributed by atoms with Gasteiger partial charge in [0.25, 0.3) is 5.69 Å². The summed E-state index contributed by atoms with van der Waals surface area (Å²) in [7, 11) is 0. The summed E-state index contributed by atoms with van der Waals surface area (Å²) in [6, 6.07) is 1.65. The minimum atomic E-state index is -0.695. The first-order valence-electron chi connectivity index (χ1n) is 9.77. The van der Waals surface area contributed by atoms with E-state index in [1.165, 1.54) is 0 Å². The average Bonchev–Trinajstić information content (AvgIpc) is 2.83. The molecule has 0 aromatic heterocycles. The van der Waals surface area contributed by atoms with Crippen molar-refractivity contribution < 1.29 is 24.3 Å². The smallest absolute Gasteiger partial charge is 0.308 e. The van der Waals surface area contributed by atoms with Crippen molar-refractivity contribution in [3.63, 3.8) is 0 Å². The molecule has 0 saturated carbocycles. The number of nitro benzene ring substituents is 1. The summed E-state index contributed by atoms with van der Waals surface area (Å²) >= 11 is 0. The lowest BCUT2D eigenvalue weighted by atomic mass is 9.79. The number of carbonyl (C=O) groups is 1. The van der Waals surface area contributed by atoms with E-state index in [9.17, 15) is 20.0 Å². The van der Waals surface area contributed by atoms with Gasteiger partial charge in [-0.15, -0.1) is 0 Å². The molecule has 2 unspecified atom stereocenters. The van der Waals surface area contributed by atoms with Gasteiger partial charge in [-0.05, 0) is 32.1 Å². The number of rotatable bonds is 4. The monoisotopic (exact) mass is 391 g/mol. The fourth-order valence-corrected chi connectivity index (χ4v) is 4.36. The molecule has 0 spiro atoms. The lowest BCUT2D eigenvalue weighted by Gasteiger charge is -2.28. The number of cyclic esters (lactones) is 1. The third-order valence-corrected chi connectivity index (χ3v) is 5.33. The first-order valence-corrected chi connectivity index (χ1v) is 9.77. The highest BCUT2D eigenvalue weighted by atomic mass is 16.6. The Bertz CT molecular complexity index is 808. The van der Waals surface area contributed by atoms with Crippen LogP contribution >= 0.6 is 0 Å². The van der Waals surface area contributed by atoms with E-state index in [1.54, 1.807) is 6.07 Å². The van der Waals surface area contributed by atoms with E-state index < -0.39 is 29.2 Å². The van der Waals surface area contributed by atoms with E-state index in [1.807, 2.05) is 34.6 Å². The molecule has 0 aliphatic carbocycles. The van der Waals surface area contributed by atoms with E-state index in [2.05, 4.69) is 0 Å². The Hall–Kier alpha value is -2.15. The molecular formula is C21H29NO6. The number of aliphatic hydroxyl groups is 1. The summed E-state index contributed by atoms with van der Waals surface area (Å²) in [5.41, 5.74) is 1.57. The van der Waals surface area contributed by atoms with Gasteiger partial charge >= 0.3 is 5.97 Å². The Morgan fingerprint density at radius 2 is 2.04 bits per heavy atom. The second-order valence-electron chi connectivity index (χ2n) is 9.53. The maximum absolute atomic E-state index is 11.8. The summed E-state index contributed by atoms with van der Waals surface area (Å²) in [5, 5.41) is 21.7. The number of fused-ring (bicyclic) bond motifs is 1. The molecule has 2 heterocycles. The van der Waals surface area contributed by atoms with E-state index in [0.29, 0.717) is 31.2 Å². The zero-order valence-electron chi connectivity index (χ0n) is 17.2. The van der Waals surface area contributed by atoms with Gasteiger partial charge in [-0.2, -0.15) is 0 Å². The van der Waals surface area contributed by atoms with Crippen LogP contribution in [0.1, 0.15) is 70.6 Å². The molecule has 7 nitrogen and oxygen atoms in total. The zero-order chi connectivity index (χ0) is 20.9. The van der Waals surface area contributed by atoms with Gasteiger partial charge in [0, 0.05) is 35.6 Å². The number of hydrogen-bond acceptors (Lipinski definition) is 6. The zero-order valence-corrected chi connectivity index (χ0v) is 17.2. The van der Waals surface area contributed by atoms with Crippen molar-refractivity contribution >= 4 is 11.7 Å². The highest BCUT2D eigenvalue weighted by Crippen LogP contribution is 2.47. The van der Waals surface area contributed by atoms with Gasteiger partial charge < -0.3 is 14.6 Å². The molecule has 154 valence electrons. The van der Waals surface area contributed by atoms with Crippen LogP contribution in [0.15, 0.2) is 6.07 Å². The maximum Gasteiger partial charge on any atom is 0.308 e. The SMILES string of the molecule is CC1(C)Cc2cc([N+](=O)[O-])c(C(C)(C)C)c(CCC3CC(O)CC(=O)O3)c2O1. The van der Waals surface area contributed by atoms with E-state index in [0.717, 1.165) is 16.9 Å². The van der Waals surface area contributed by atoms with Crippen molar-refractivity contribution in [3.05, 3.63) is 32.9 Å². The third-order valence-electron chi connectivity index (χ3n) is 5.33. The van der Waals surface area contributed by atoms with Gasteiger partial charge in [0.05, 0.1) is 17.4 Å². The number of nitro groups is 1. The Morgan fingerprint density at radius 3 is 2.61 bits per heavy atom. The number of benzene rings is 1. The number of esters is 1. The molecule has 3 rings (SSSR count). The molecule has 2 aliphatic rings. The maximum atomic E-state index is 11.8. The fraction of sp³-hybridized carbons (Fsp3) is 0.667. The fourth-order valence-electron chi connectivity index (χ4n) is 4.36. The molecule has 0 bridgehead atoms. The standard InChI is InChI=1S/C21H29NO6/c1-20(2,3)18-15(7-6-14-9-13(23)10-17(24)27-14)19-12(8-16(18)22(25)26)11-21(4,5)28-19/h8,13-14,23H,6-7,9-11H2,1-5H3. The van der Waals surface area contributed by atoms with Crippen molar-refractivity contribution in [1.82, 2.24) is 0 Å². The average molecular weight is 391 g/mol. The van der Waals surface area contributed by atoms with Crippen molar-refractivity contribution in [3.8, 4) is 5.75 Å². The van der Waals surface area contributed by atoms with Crippen LogP contribution in [0.3, 0.4) is 0 Å². The number of aliphatic hydroxyl groups excluding tert-OH is 1. The van der Waals surface area contributed by atoms with Crippen LogP contribution in [0.2, 0.25) is 0 Å². The largest absolute Gasteiger partial charge is 0.487 e. The van der Waals surface area contributed by atoms with Gasteiger partial charge in [-0.1, -0.05) is 20.8 Å². The minimum Gasteiger partial charge on any atom is -0.487 e. The molecule has 7 heteroatoms. The van der Waals surface area contributed by atoms with Crippen LogP contribution in [0.25, 0.3) is 0 Å². The Kier molecular flexibility index (Phi) is 5.17. The minimum absolute atomic E-state index is 0.0211. The predicted molar refractivity (Wildman–Crippen MR) is 104 cm³/mol. The van der Waals surface area contributed by atoms with E-state index in [-0.39, 0.29) is 17.0 Å². The second kappa shape index (κ2) is 7.03. The van der Waals surface area contributed by atoms with Crippen molar-refractivity contribution in [2.75, 3.05) is 0 Å². The topological polar surface area (TPSA) is 98.9 Å². The molecule has 1 saturated heterocycles. The highest BCUT2D eigenvalue weighted by molar-refractivity contribution is 5.71.